The molecule has 0 spiro atoms. The van der Waals surface area contributed by atoms with E-state index in [-0.39, 0.29) is 12.3 Å². The second-order valence-corrected chi connectivity index (χ2v) is 5.64. The van der Waals surface area contributed by atoms with Gasteiger partial charge in [0.05, 0.1) is 16.3 Å². The first-order valence-electron chi connectivity index (χ1n) is 4.77. The van der Waals surface area contributed by atoms with Crippen LogP contribution in [0.15, 0.2) is 6.07 Å². The van der Waals surface area contributed by atoms with E-state index in [1.54, 1.807) is 0 Å². The standard InChI is InChI=1S/C10H10ClNO3S/c1-4-2-5(9(11)16-4)8-6(10(14)15)3-7(13)12-8/h2,6,8H,3H2,1H3,(H,12,13)(H,14,15). The summed E-state index contributed by atoms with van der Waals surface area (Å²) in [4.78, 5) is 23.3. The van der Waals surface area contributed by atoms with Gasteiger partial charge in [-0.2, -0.15) is 0 Å². The zero-order chi connectivity index (χ0) is 11.9. The van der Waals surface area contributed by atoms with Gasteiger partial charge in [-0.1, -0.05) is 11.6 Å². The number of halogens is 1. The van der Waals surface area contributed by atoms with Crippen molar-refractivity contribution in [2.24, 2.45) is 5.92 Å². The van der Waals surface area contributed by atoms with Crippen molar-refractivity contribution in [3.05, 3.63) is 20.8 Å². The summed E-state index contributed by atoms with van der Waals surface area (Å²) < 4.78 is 0.552. The summed E-state index contributed by atoms with van der Waals surface area (Å²) in [5, 5.41) is 11.7. The van der Waals surface area contributed by atoms with Crippen molar-refractivity contribution in [3.63, 3.8) is 0 Å². The van der Waals surface area contributed by atoms with Crippen LogP contribution in [0.25, 0.3) is 0 Å². The fourth-order valence-electron chi connectivity index (χ4n) is 1.89. The van der Waals surface area contributed by atoms with E-state index >= 15 is 0 Å². The molecule has 2 N–H and O–H groups in total. The van der Waals surface area contributed by atoms with Crippen molar-refractivity contribution in [2.75, 3.05) is 0 Å². The molecule has 1 saturated heterocycles. The SMILES string of the molecule is Cc1cc(C2NC(=O)CC2C(=O)O)c(Cl)s1. The van der Waals surface area contributed by atoms with E-state index in [1.807, 2.05) is 13.0 Å². The van der Waals surface area contributed by atoms with E-state index in [0.29, 0.717) is 9.90 Å². The molecular weight excluding hydrogens is 250 g/mol. The number of hydrogen-bond donors (Lipinski definition) is 2. The number of carbonyl (C=O) groups is 2. The van der Waals surface area contributed by atoms with E-state index in [4.69, 9.17) is 16.7 Å². The summed E-state index contributed by atoms with van der Waals surface area (Å²) in [5.41, 5.74) is 0.711. The fourth-order valence-corrected chi connectivity index (χ4v) is 3.20. The van der Waals surface area contributed by atoms with E-state index in [0.717, 1.165) is 4.88 Å². The van der Waals surface area contributed by atoms with E-state index < -0.39 is 17.9 Å². The Morgan fingerprint density at radius 1 is 1.69 bits per heavy atom. The summed E-state index contributed by atoms with van der Waals surface area (Å²) in [6, 6.07) is 1.33. The minimum atomic E-state index is -0.969. The van der Waals surface area contributed by atoms with Gasteiger partial charge in [-0.05, 0) is 13.0 Å². The molecule has 2 rings (SSSR count). The Kier molecular flexibility index (Phi) is 2.90. The monoisotopic (exact) mass is 259 g/mol. The maximum absolute atomic E-state index is 11.2. The van der Waals surface area contributed by atoms with Crippen LogP contribution in [0.2, 0.25) is 4.34 Å². The van der Waals surface area contributed by atoms with Crippen LogP contribution in [0, 0.1) is 12.8 Å². The number of aryl methyl sites for hydroxylation is 1. The smallest absolute Gasteiger partial charge is 0.309 e. The molecule has 1 aliphatic heterocycles. The maximum atomic E-state index is 11.2. The first-order valence-corrected chi connectivity index (χ1v) is 5.96. The van der Waals surface area contributed by atoms with Crippen molar-refractivity contribution in [1.29, 1.82) is 0 Å². The van der Waals surface area contributed by atoms with Gasteiger partial charge in [0.25, 0.3) is 0 Å². The van der Waals surface area contributed by atoms with E-state index in [2.05, 4.69) is 5.32 Å². The largest absolute Gasteiger partial charge is 0.481 e. The van der Waals surface area contributed by atoms with Crippen LogP contribution >= 0.6 is 22.9 Å². The third-order valence-electron chi connectivity index (χ3n) is 2.61. The molecule has 0 saturated carbocycles. The molecule has 0 radical (unpaired) electrons. The van der Waals surface area contributed by atoms with Gasteiger partial charge in [0.1, 0.15) is 0 Å². The van der Waals surface area contributed by atoms with Gasteiger partial charge in [0, 0.05) is 16.9 Å². The molecule has 86 valence electrons. The molecule has 1 fully saturated rings. The number of thiophene rings is 1. The lowest BCUT2D eigenvalue weighted by Crippen LogP contribution is -2.24. The lowest BCUT2D eigenvalue weighted by Gasteiger charge is -2.14. The lowest BCUT2D eigenvalue weighted by atomic mass is 9.96. The molecule has 1 aromatic heterocycles. The van der Waals surface area contributed by atoms with Crippen LogP contribution in [0.4, 0.5) is 0 Å². The van der Waals surface area contributed by atoms with E-state index in [1.165, 1.54) is 11.3 Å². The van der Waals surface area contributed by atoms with Gasteiger partial charge in [-0.25, -0.2) is 0 Å². The van der Waals surface area contributed by atoms with Crippen LogP contribution < -0.4 is 5.32 Å². The van der Waals surface area contributed by atoms with Crippen molar-refractivity contribution in [3.8, 4) is 0 Å². The highest BCUT2D eigenvalue weighted by atomic mass is 35.5. The molecule has 2 unspecified atom stereocenters. The van der Waals surface area contributed by atoms with Crippen molar-refractivity contribution in [1.82, 2.24) is 5.32 Å². The van der Waals surface area contributed by atoms with Crippen LogP contribution in [0.3, 0.4) is 0 Å². The quantitative estimate of drug-likeness (QED) is 0.853. The predicted molar refractivity (Wildman–Crippen MR) is 60.7 cm³/mol. The number of aliphatic carboxylic acids is 1. The second kappa shape index (κ2) is 4.07. The fraction of sp³-hybridized carbons (Fsp3) is 0.400. The zero-order valence-electron chi connectivity index (χ0n) is 8.49. The average molecular weight is 260 g/mol. The van der Waals surface area contributed by atoms with Gasteiger partial charge in [-0.15, -0.1) is 11.3 Å². The summed E-state index contributed by atoms with van der Waals surface area (Å²) in [5.74, 6) is -1.93. The van der Waals surface area contributed by atoms with Gasteiger partial charge in [0.2, 0.25) is 5.91 Å². The van der Waals surface area contributed by atoms with Gasteiger partial charge in [-0.3, -0.25) is 9.59 Å². The number of amides is 1. The first-order chi connectivity index (χ1) is 7.49. The molecule has 2 atom stereocenters. The van der Waals surface area contributed by atoms with Crippen LogP contribution in [0.1, 0.15) is 22.9 Å². The number of nitrogens with one attached hydrogen (secondary N) is 1. The minimum Gasteiger partial charge on any atom is -0.481 e. The number of carboxylic acids is 1. The minimum absolute atomic E-state index is 0.0191. The number of rotatable bonds is 2. The molecule has 1 aliphatic rings. The summed E-state index contributed by atoms with van der Waals surface area (Å²) >= 11 is 7.41. The third kappa shape index (κ3) is 1.92. The van der Waals surface area contributed by atoms with Gasteiger partial charge >= 0.3 is 5.97 Å². The highest BCUT2D eigenvalue weighted by Crippen LogP contribution is 2.38. The highest BCUT2D eigenvalue weighted by Gasteiger charge is 2.39. The zero-order valence-corrected chi connectivity index (χ0v) is 10.1. The number of hydrogen-bond acceptors (Lipinski definition) is 3. The van der Waals surface area contributed by atoms with Gasteiger partial charge < -0.3 is 10.4 Å². The highest BCUT2D eigenvalue weighted by molar-refractivity contribution is 7.16. The van der Waals surface area contributed by atoms with Crippen LogP contribution in [0.5, 0.6) is 0 Å². The van der Waals surface area contributed by atoms with Gasteiger partial charge in [0.15, 0.2) is 0 Å². The summed E-state index contributed by atoms with van der Waals surface area (Å²) in [6.07, 6.45) is 0.0191. The average Bonchev–Trinajstić information content (AvgIpc) is 2.69. The van der Waals surface area contributed by atoms with Crippen molar-refractivity contribution in [2.45, 2.75) is 19.4 Å². The summed E-state index contributed by atoms with van der Waals surface area (Å²) in [7, 11) is 0. The molecule has 0 aromatic carbocycles. The summed E-state index contributed by atoms with van der Waals surface area (Å²) in [6.45, 7) is 1.90. The second-order valence-electron chi connectivity index (χ2n) is 3.78. The van der Waals surface area contributed by atoms with Crippen molar-refractivity contribution < 1.29 is 14.7 Å². The normalized spacial score (nSPS) is 24.5. The Morgan fingerprint density at radius 2 is 2.38 bits per heavy atom. The first kappa shape index (κ1) is 11.4. The molecule has 4 nitrogen and oxygen atoms in total. The third-order valence-corrected chi connectivity index (χ3v) is 3.92. The Labute approximate surface area is 101 Å². The Balaban J connectivity index is 2.35. The van der Waals surface area contributed by atoms with Crippen molar-refractivity contribution >= 4 is 34.8 Å². The molecule has 0 bridgehead atoms. The number of carboxylic acid groups (broad SMARTS) is 1. The van der Waals surface area contributed by atoms with E-state index in [9.17, 15) is 9.59 Å². The lowest BCUT2D eigenvalue weighted by molar-refractivity contribution is -0.142. The van der Waals surface area contributed by atoms with Crippen LogP contribution in [-0.4, -0.2) is 17.0 Å². The van der Waals surface area contributed by atoms with Crippen LogP contribution in [-0.2, 0) is 9.59 Å². The molecule has 1 amide bonds. The molecular formula is C10H10ClNO3S. The maximum Gasteiger partial charge on any atom is 0.309 e. The number of carbonyl (C=O) groups excluding carboxylic acids is 1. The molecule has 0 aliphatic carbocycles. The Hall–Kier alpha value is -1.07. The molecule has 16 heavy (non-hydrogen) atoms. The topological polar surface area (TPSA) is 66.4 Å². The molecule has 6 heteroatoms. The Morgan fingerprint density at radius 3 is 2.88 bits per heavy atom. The Bertz CT molecular complexity index is 457. The molecule has 1 aromatic rings. The molecule has 2 heterocycles. The predicted octanol–water partition coefficient (Wildman–Crippen LogP) is 1.97.